The van der Waals surface area contributed by atoms with Crippen LogP contribution in [0, 0.1) is 0 Å². The molecule has 0 amide bonds. The molecule has 0 saturated heterocycles. The van der Waals surface area contributed by atoms with Gasteiger partial charge in [-0.2, -0.15) is 0 Å². The van der Waals surface area contributed by atoms with E-state index in [0.717, 1.165) is 12.0 Å². The molecule has 0 bridgehead atoms. The lowest BCUT2D eigenvalue weighted by atomic mass is 10.0. The van der Waals surface area contributed by atoms with E-state index in [-0.39, 0.29) is 5.78 Å². The first-order valence-electron chi connectivity index (χ1n) is 7.46. The Bertz CT molecular complexity index is 356. The number of Topliss-reactive ketones (excluding diaryl/α,β-unsaturated/α-hetero) is 1. The molecule has 1 rings (SSSR count). The monoisotopic (exact) mass is 280 g/mol. The smallest absolute Gasteiger partial charge is 0.164 e. The first-order chi connectivity index (χ1) is 9.27. The van der Waals surface area contributed by atoms with Crippen molar-refractivity contribution < 1.29 is 4.79 Å². The van der Waals surface area contributed by atoms with Crippen LogP contribution in [-0.4, -0.2) is 11.7 Å². The molecule has 1 aromatic rings. The second-order valence-electron chi connectivity index (χ2n) is 5.08. The van der Waals surface area contributed by atoms with Crippen LogP contribution in [-0.2, 0) is 6.42 Å². The van der Waals surface area contributed by atoms with Crippen LogP contribution >= 0.6 is 11.6 Å². The Labute approximate surface area is 122 Å². The maximum Gasteiger partial charge on any atom is 0.164 e. The minimum Gasteiger partial charge on any atom is -0.294 e. The summed E-state index contributed by atoms with van der Waals surface area (Å²) >= 11 is 5.58. The van der Waals surface area contributed by atoms with Crippen molar-refractivity contribution in [3.8, 4) is 0 Å². The third kappa shape index (κ3) is 6.77. The van der Waals surface area contributed by atoms with E-state index >= 15 is 0 Å². The number of hydrogen-bond acceptors (Lipinski definition) is 1. The van der Waals surface area contributed by atoms with E-state index in [2.05, 4.69) is 19.1 Å². The average molecular weight is 281 g/mol. The van der Waals surface area contributed by atoms with Crippen molar-refractivity contribution in [2.75, 3.05) is 5.88 Å². The first kappa shape index (κ1) is 16.2. The van der Waals surface area contributed by atoms with Crippen LogP contribution in [0.15, 0.2) is 24.3 Å². The van der Waals surface area contributed by atoms with Crippen molar-refractivity contribution in [3.63, 3.8) is 0 Å². The molecule has 0 aliphatic rings. The van der Waals surface area contributed by atoms with Gasteiger partial charge in [-0.25, -0.2) is 0 Å². The molecule has 1 nitrogen and oxygen atoms in total. The highest BCUT2D eigenvalue weighted by molar-refractivity contribution is 6.19. The highest BCUT2D eigenvalue weighted by Gasteiger charge is 2.04. The molecule has 0 unspecified atom stereocenters. The molecule has 0 aliphatic heterocycles. The van der Waals surface area contributed by atoms with Crippen molar-refractivity contribution >= 4 is 17.4 Å². The maximum absolute atomic E-state index is 11.6. The van der Waals surface area contributed by atoms with E-state index in [1.165, 1.54) is 44.1 Å². The van der Waals surface area contributed by atoms with Gasteiger partial charge in [0.1, 0.15) is 0 Å². The quantitative estimate of drug-likeness (QED) is 0.318. The van der Waals surface area contributed by atoms with Gasteiger partial charge < -0.3 is 0 Å². The number of unbranched alkanes of at least 4 members (excludes halogenated alkanes) is 5. The van der Waals surface area contributed by atoms with Crippen molar-refractivity contribution in [1.29, 1.82) is 0 Å². The highest BCUT2D eigenvalue weighted by atomic mass is 35.5. The van der Waals surface area contributed by atoms with Gasteiger partial charge in [0.25, 0.3) is 0 Å². The first-order valence-corrected chi connectivity index (χ1v) is 7.99. The Kier molecular flexibility index (Phi) is 8.57. The highest BCUT2D eigenvalue weighted by Crippen LogP contribution is 2.12. The van der Waals surface area contributed by atoms with Crippen LogP contribution < -0.4 is 0 Å². The Hall–Kier alpha value is -0.820. The molecule has 2 heteroatoms. The molecule has 0 heterocycles. The van der Waals surface area contributed by atoms with Crippen molar-refractivity contribution in [2.24, 2.45) is 0 Å². The lowest BCUT2D eigenvalue weighted by molar-refractivity contribution is 0.0989. The lowest BCUT2D eigenvalue weighted by Crippen LogP contribution is -1.99. The number of halogens is 1. The number of aryl methyl sites for hydroxylation is 1. The SMILES string of the molecule is CCCCCCCCc1ccc(C(=O)CCCl)cc1. The second kappa shape index (κ2) is 10.0. The third-order valence-electron chi connectivity index (χ3n) is 3.42. The number of alkyl halides is 1. The van der Waals surface area contributed by atoms with Gasteiger partial charge in [0.2, 0.25) is 0 Å². The molecule has 0 radical (unpaired) electrons. The maximum atomic E-state index is 11.6. The molecular formula is C17H25ClO. The van der Waals surface area contributed by atoms with Crippen molar-refractivity contribution in [2.45, 2.75) is 58.3 Å². The molecule has 0 atom stereocenters. The lowest BCUT2D eigenvalue weighted by Gasteiger charge is -2.04. The summed E-state index contributed by atoms with van der Waals surface area (Å²) in [4.78, 5) is 11.6. The summed E-state index contributed by atoms with van der Waals surface area (Å²) in [5.41, 5.74) is 2.12. The van der Waals surface area contributed by atoms with E-state index in [1.54, 1.807) is 0 Å². The van der Waals surface area contributed by atoms with E-state index < -0.39 is 0 Å². The van der Waals surface area contributed by atoms with Gasteiger partial charge in [-0.3, -0.25) is 4.79 Å². The molecule has 0 saturated carbocycles. The Morgan fingerprint density at radius 3 is 2.26 bits per heavy atom. The fourth-order valence-corrected chi connectivity index (χ4v) is 2.37. The van der Waals surface area contributed by atoms with Gasteiger partial charge in [-0.15, -0.1) is 11.6 Å². The number of rotatable bonds is 10. The van der Waals surface area contributed by atoms with Gasteiger partial charge in [-0.1, -0.05) is 63.3 Å². The molecule has 0 aromatic heterocycles. The van der Waals surface area contributed by atoms with E-state index in [9.17, 15) is 4.79 Å². The van der Waals surface area contributed by atoms with Crippen LogP contribution in [0.1, 0.15) is 67.8 Å². The summed E-state index contributed by atoms with van der Waals surface area (Å²) in [5, 5.41) is 0. The number of benzene rings is 1. The van der Waals surface area contributed by atoms with Gasteiger partial charge in [0.15, 0.2) is 5.78 Å². The van der Waals surface area contributed by atoms with Gasteiger partial charge >= 0.3 is 0 Å². The average Bonchev–Trinajstić information content (AvgIpc) is 2.43. The second-order valence-corrected chi connectivity index (χ2v) is 5.45. The summed E-state index contributed by atoms with van der Waals surface area (Å²) < 4.78 is 0. The largest absolute Gasteiger partial charge is 0.294 e. The zero-order chi connectivity index (χ0) is 13.9. The fourth-order valence-electron chi connectivity index (χ4n) is 2.20. The van der Waals surface area contributed by atoms with Gasteiger partial charge in [0, 0.05) is 17.9 Å². The zero-order valence-corrected chi connectivity index (χ0v) is 12.7. The minimum absolute atomic E-state index is 0.140. The predicted octanol–water partition coefficient (Wildman–Crippen LogP) is 5.40. The summed E-state index contributed by atoms with van der Waals surface area (Å²) in [6.45, 7) is 2.24. The normalized spacial score (nSPS) is 10.6. The molecule has 1 aromatic carbocycles. The fraction of sp³-hybridized carbons (Fsp3) is 0.588. The molecule has 106 valence electrons. The zero-order valence-electron chi connectivity index (χ0n) is 12.0. The van der Waals surface area contributed by atoms with Crippen LogP contribution in [0.2, 0.25) is 0 Å². The van der Waals surface area contributed by atoms with Crippen LogP contribution in [0.5, 0.6) is 0 Å². The van der Waals surface area contributed by atoms with E-state index in [1.807, 2.05) is 12.1 Å². The number of carbonyl (C=O) groups excluding carboxylic acids is 1. The van der Waals surface area contributed by atoms with E-state index in [0.29, 0.717) is 12.3 Å². The summed E-state index contributed by atoms with van der Waals surface area (Å²) in [7, 11) is 0. The number of ketones is 1. The third-order valence-corrected chi connectivity index (χ3v) is 3.61. The van der Waals surface area contributed by atoms with Crippen LogP contribution in [0.4, 0.5) is 0 Å². The predicted molar refractivity (Wildman–Crippen MR) is 83.2 cm³/mol. The standard InChI is InChI=1S/C17H25ClO/c1-2-3-4-5-6-7-8-15-9-11-16(12-10-15)17(19)13-14-18/h9-12H,2-8,13-14H2,1H3. The molecule has 0 fully saturated rings. The molecule has 0 N–H and O–H groups in total. The summed E-state index contributed by atoms with van der Waals surface area (Å²) in [5.74, 6) is 0.541. The number of hydrogen-bond donors (Lipinski definition) is 0. The minimum atomic E-state index is 0.140. The Morgan fingerprint density at radius 2 is 1.63 bits per heavy atom. The Morgan fingerprint density at radius 1 is 1.00 bits per heavy atom. The molecular weight excluding hydrogens is 256 g/mol. The van der Waals surface area contributed by atoms with Gasteiger partial charge in [-0.05, 0) is 18.4 Å². The Balaban J connectivity index is 2.26. The van der Waals surface area contributed by atoms with E-state index in [4.69, 9.17) is 11.6 Å². The molecule has 0 aliphatic carbocycles. The summed E-state index contributed by atoms with van der Waals surface area (Å²) in [6.07, 6.45) is 9.48. The molecule has 19 heavy (non-hydrogen) atoms. The van der Waals surface area contributed by atoms with Crippen molar-refractivity contribution in [1.82, 2.24) is 0 Å². The van der Waals surface area contributed by atoms with Crippen LogP contribution in [0.3, 0.4) is 0 Å². The van der Waals surface area contributed by atoms with Crippen LogP contribution in [0.25, 0.3) is 0 Å². The van der Waals surface area contributed by atoms with Gasteiger partial charge in [0.05, 0.1) is 0 Å². The van der Waals surface area contributed by atoms with Crippen molar-refractivity contribution in [3.05, 3.63) is 35.4 Å². The topological polar surface area (TPSA) is 17.1 Å². The molecule has 0 spiro atoms. The number of carbonyl (C=O) groups is 1. The summed E-state index contributed by atoms with van der Waals surface area (Å²) in [6, 6.07) is 8.02.